The maximum Gasteiger partial charge on any atom is 0.416 e. The summed E-state index contributed by atoms with van der Waals surface area (Å²) in [5, 5.41) is 2.97. The zero-order chi connectivity index (χ0) is 25.9. The number of benzene rings is 2. The molecule has 1 amide bonds. The number of sulfonamides is 1. The molecule has 1 aliphatic rings. The Labute approximate surface area is 202 Å². The van der Waals surface area contributed by atoms with Gasteiger partial charge in [0.2, 0.25) is 15.9 Å². The van der Waals surface area contributed by atoms with Crippen LogP contribution in [-0.2, 0) is 21.0 Å². The molecule has 2 aromatic carbocycles. The fraction of sp³-hybridized carbons (Fsp3) is 0.400. The summed E-state index contributed by atoms with van der Waals surface area (Å²) in [6.45, 7) is 3.61. The number of carbonyl (C=O) groups excluding carboxylic acids is 1. The summed E-state index contributed by atoms with van der Waals surface area (Å²) in [5.74, 6) is -0.564. The van der Waals surface area contributed by atoms with E-state index < -0.39 is 33.2 Å². The molecule has 1 fully saturated rings. The number of rotatable bonds is 7. The van der Waals surface area contributed by atoms with Crippen LogP contribution in [0, 0.1) is 11.2 Å². The minimum absolute atomic E-state index is 0.198. The molecule has 2 aromatic rings. The number of amides is 1. The summed E-state index contributed by atoms with van der Waals surface area (Å²) in [6.07, 6.45) is 0.587. The van der Waals surface area contributed by atoms with E-state index >= 15 is 0 Å². The molecule has 1 aliphatic carbocycles. The van der Waals surface area contributed by atoms with E-state index in [1.807, 2.05) is 6.08 Å². The van der Waals surface area contributed by atoms with Crippen molar-refractivity contribution in [2.75, 3.05) is 0 Å². The second-order valence-corrected chi connectivity index (χ2v) is 10.5. The molecule has 0 radical (unpaired) electrons. The van der Waals surface area contributed by atoms with Crippen LogP contribution in [0.4, 0.5) is 17.6 Å². The molecule has 0 unspecified atom stereocenters. The Kier molecular flexibility index (Phi) is 8.06. The van der Waals surface area contributed by atoms with Crippen LogP contribution >= 0.6 is 0 Å². The first-order valence-corrected chi connectivity index (χ1v) is 12.7. The normalized spacial score (nSPS) is 22.2. The van der Waals surface area contributed by atoms with E-state index in [-0.39, 0.29) is 22.7 Å². The largest absolute Gasteiger partial charge is 0.416 e. The maximum absolute atomic E-state index is 13.2. The van der Waals surface area contributed by atoms with E-state index in [0.29, 0.717) is 25.7 Å². The summed E-state index contributed by atoms with van der Waals surface area (Å²) in [6, 6.07) is 8.40. The third-order valence-electron chi connectivity index (χ3n) is 6.35. The Morgan fingerprint density at radius 1 is 1.06 bits per heavy atom. The van der Waals surface area contributed by atoms with Crippen LogP contribution in [0.3, 0.4) is 0 Å². The molecule has 0 aliphatic heterocycles. The van der Waals surface area contributed by atoms with Gasteiger partial charge in [0.15, 0.2) is 0 Å². The quantitative estimate of drug-likeness (QED) is 0.380. The Hall–Kier alpha value is -2.72. The van der Waals surface area contributed by atoms with Crippen LogP contribution in [0.1, 0.15) is 56.7 Å². The second-order valence-electron chi connectivity index (χ2n) is 8.82. The fourth-order valence-corrected chi connectivity index (χ4v) is 5.63. The van der Waals surface area contributed by atoms with Crippen molar-refractivity contribution in [1.82, 2.24) is 10.0 Å². The predicted octanol–water partition coefficient (Wildman–Crippen LogP) is 5.51. The van der Waals surface area contributed by atoms with Gasteiger partial charge in [-0.1, -0.05) is 24.3 Å². The highest BCUT2D eigenvalue weighted by atomic mass is 32.2. The highest BCUT2D eigenvalue weighted by molar-refractivity contribution is 7.89. The zero-order valence-corrected chi connectivity index (χ0v) is 20.2. The van der Waals surface area contributed by atoms with Gasteiger partial charge in [-0.05, 0) is 81.5 Å². The zero-order valence-electron chi connectivity index (χ0n) is 19.4. The van der Waals surface area contributed by atoms with Crippen molar-refractivity contribution in [2.45, 2.75) is 62.7 Å². The molecule has 0 aromatic heterocycles. The molecule has 0 spiro atoms. The summed E-state index contributed by atoms with van der Waals surface area (Å²) in [4.78, 5) is 13.0. The molecule has 0 heterocycles. The van der Waals surface area contributed by atoms with Crippen LogP contribution in [0.2, 0.25) is 0 Å². The smallest absolute Gasteiger partial charge is 0.349 e. The van der Waals surface area contributed by atoms with E-state index in [2.05, 4.69) is 10.0 Å². The average Bonchev–Trinajstić information content (AvgIpc) is 2.80. The molecule has 1 saturated carbocycles. The lowest BCUT2D eigenvalue weighted by Crippen LogP contribution is -2.47. The van der Waals surface area contributed by atoms with Gasteiger partial charge in [0, 0.05) is 6.04 Å². The number of nitrogens with one attached hydrogen (secondary N) is 2. The molecule has 1 atom stereocenters. The van der Waals surface area contributed by atoms with Gasteiger partial charge in [0.25, 0.3) is 0 Å². The lowest BCUT2D eigenvalue weighted by Gasteiger charge is -2.37. The molecule has 35 heavy (non-hydrogen) atoms. The molecule has 0 saturated heterocycles. The maximum atomic E-state index is 13.2. The first-order chi connectivity index (χ1) is 16.4. The summed E-state index contributed by atoms with van der Waals surface area (Å²) in [5.41, 5.74) is -0.987. The minimum atomic E-state index is -4.55. The lowest BCUT2D eigenvalue weighted by atomic mass is 9.71. The van der Waals surface area contributed by atoms with Crippen LogP contribution in [0.15, 0.2) is 65.6 Å². The van der Waals surface area contributed by atoms with Gasteiger partial charge in [0.05, 0.1) is 21.9 Å². The molecule has 0 bridgehead atoms. The fourth-order valence-electron chi connectivity index (χ4n) is 4.32. The van der Waals surface area contributed by atoms with Crippen LogP contribution in [-0.4, -0.2) is 20.4 Å². The van der Waals surface area contributed by atoms with E-state index in [1.54, 1.807) is 32.1 Å². The number of allylic oxidation sites excluding steroid dienone is 1. The topological polar surface area (TPSA) is 75.3 Å². The van der Waals surface area contributed by atoms with Gasteiger partial charge in [-0.2, -0.15) is 13.2 Å². The average molecular weight is 513 g/mol. The van der Waals surface area contributed by atoms with Crippen molar-refractivity contribution in [1.29, 1.82) is 0 Å². The van der Waals surface area contributed by atoms with E-state index in [1.165, 1.54) is 12.1 Å². The molecule has 190 valence electrons. The number of alkyl halides is 3. The molecule has 5 nitrogen and oxygen atoms in total. The van der Waals surface area contributed by atoms with Crippen molar-refractivity contribution in [3.63, 3.8) is 0 Å². The predicted molar refractivity (Wildman–Crippen MR) is 124 cm³/mol. The molecule has 3 rings (SSSR count). The van der Waals surface area contributed by atoms with Gasteiger partial charge in [0.1, 0.15) is 5.82 Å². The van der Waals surface area contributed by atoms with Gasteiger partial charge in [-0.3, -0.25) is 4.79 Å². The van der Waals surface area contributed by atoms with Crippen LogP contribution < -0.4 is 10.0 Å². The monoisotopic (exact) mass is 512 g/mol. The minimum Gasteiger partial charge on any atom is -0.349 e. The molecule has 10 heteroatoms. The molecular formula is C25H28F4N2O3S. The standard InChI is InChI=1S/C25H28F4N2O3S/c1-3-14-24(23(32)30-17(2)18-4-8-20(26)9-5-18)15-12-21(13-16-24)31-35(33,34)22-10-6-19(7-11-22)25(27,28)29/h3-11,14,17,21,31H,12-13,15-16H2,1-2H3,(H,30,32)/t17-,21?,24?/m1/s1. The van der Waals surface area contributed by atoms with E-state index in [0.717, 1.165) is 29.8 Å². The van der Waals surface area contributed by atoms with Crippen molar-refractivity contribution in [3.8, 4) is 0 Å². The SMILES string of the molecule is CC=CC1(C(=O)N[C@H](C)c2ccc(F)cc2)CCC(NS(=O)(=O)c2ccc(C(F)(F)F)cc2)CC1. The highest BCUT2D eigenvalue weighted by Gasteiger charge is 2.41. The number of hydrogen-bond donors (Lipinski definition) is 2. The van der Waals surface area contributed by atoms with E-state index in [4.69, 9.17) is 0 Å². The van der Waals surface area contributed by atoms with Gasteiger partial charge in [-0.25, -0.2) is 17.5 Å². The van der Waals surface area contributed by atoms with Gasteiger partial charge in [-0.15, -0.1) is 0 Å². The lowest BCUT2D eigenvalue weighted by molar-refractivity contribution is -0.137. The summed E-state index contributed by atoms with van der Waals surface area (Å²) < 4.78 is 79.4. The third-order valence-corrected chi connectivity index (χ3v) is 7.88. The van der Waals surface area contributed by atoms with Crippen molar-refractivity contribution >= 4 is 15.9 Å². The van der Waals surface area contributed by atoms with Crippen molar-refractivity contribution in [3.05, 3.63) is 77.6 Å². The Bertz CT molecular complexity index is 1150. The second kappa shape index (κ2) is 10.5. The van der Waals surface area contributed by atoms with Crippen molar-refractivity contribution < 1.29 is 30.8 Å². The Balaban J connectivity index is 1.66. The van der Waals surface area contributed by atoms with Gasteiger partial charge >= 0.3 is 6.18 Å². The summed E-state index contributed by atoms with van der Waals surface area (Å²) in [7, 11) is -4.02. The summed E-state index contributed by atoms with van der Waals surface area (Å²) >= 11 is 0. The van der Waals surface area contributed by atoms with Gasteiger partial charge < -0.3 is 5.32 Å². The third kappa shape index (κ3) is 6.49. The van der Waals surface area contributed by atoms with Crippen LogP contribution in [0.25, 0.3) is 0 Å². The molecule has 2 N–H and O–H groups in total. The molecular weight excluding hydrogens is 484 g/mol. The Morgan fingerprint density at radius 2 is 1.63 bits per heavy atom. The van der Waals surface area contributed by atoms with Crippen molar-refractivity contribution in [2.24, 2.45) is 5.41 Å². The number of carbonyl (C=O) groups is 1. The first kappa shape index (κ1) is 26.9. The number of halogens is 4. The Morgan fingerprint density at radius 3 is 2.14 bits per heavy atom. The van der Waals surface area contributed by atoms with E-state index in [9.17, 15) is 30.8 Å². The number of hydrogen-bond acceptors (Lipinski definition) is 3. The van der Waals surface area contributed by atoms with Crippen LogP contribution in [0.5, 0.6) is 0 Å². The highest BCUT2D eigenvalue weighted by Crippen LogP contribution is 2.39. The first-order valence-electron chi connectivity index (χ1n) is 11.3.